The fourth-order valence-corrected chi connectivity index (χ4v) is 2.13. The molecule has 3 aromatic rings. The second-order valence-corrected chi connectivity index (χ2v) is 4.62. The van der Waals surface area contributed by atoms with Gasteiger partial charge < -0.3 is 14.1 Å². The molecule has 8 heteroatoms. The molecule has 2 aromatic heterocycles. The van der Waals surface area contributed by atoms with Gasteiger partial charge in [-0.3, -0.25) is 14.9 Å². The number of nitrogens with zero attached hydrogens (tertiary/aromatic N) is 3. The van der Waals surface area contributed by atoms with E-state index in [1.807, 2.05) is 0 Å². The van der Waals surface area contributed by atoms with E-state index in [0.717, 1.165) is 0 Å². The molecule has 1 amide bonds. The van der Waals surface area contributed by atoms with Crippen LogP contribution in [0.4, 0.5) is 6.01 Å². The first-order chi connectivity index (χ1) is 10.6. The number of rotatable bonds is 3. The number of aryl methyl sites for hydroxylation is 1. The topological polar surface area (TPSA) is 110 Å². The summed E-state index contributed by atoms with van der Waals surface area (Å²) in [4.78, 5) is 24.4. The van der Waals surface area contributed by atoms with Gasteiger partial charge in [-0.15, -0.1) is 5.10 Å². The van der Waals surface area contributed by atoms with E-state index in [0.29, 0.717) is 16.3 Å². The number of aliphatic hydroxyl groups excluding tert-OH is 1. The second-order valence-electron chi connectivity index (χ2n) is 4.62. The van der Waals surface area contributed by atoms with E-state index in [1.165, 1.54) is 10.8 Å². The average Bonchev–Trinajstić information content (AvgIpc) is 2.98. The molecule has 0 radical (unpaired) electrons. The summed E-state index contributed by atoms with van der Waals surface area (Å²) in [6, 6.07) is 6.71. The number of benzene rings is 1. The van der Waals surface area contributed by atoms with Gasteiger partial charge in [0.2, 0.25) is 5.89 Å². The van der Waals surface area contributed by atoms with Crippen molar-refractivity contribution in [3.05, 3.63) is 52.3 Å². The van der Waals surface area contributed by atoms with Gasteiger partial charge >= 0.3 is 6.01 Å². The molecule has 2 heterocycles. The number of nitrogens with one attached hydrogen (secondary N) is 1. The van der Waals surface area contributed by atoms with Crippen LogP contribution in [0.1, 0.15) is 16.2 Å². The molecule has 0 unspecified atom stereocenters. The fourth-order valence-electron chi connectivity index (χ4n) is 2.13. The Balaban J connectivity index is 2.04. The Bertz CT molecular complexity index is 913. The van der Waals surface area contributed by atoms with Crippen molar-refractivity contribution in [1.29, 1.82) is 0 Å². The maximum Gasteiger partial charge on any atom is 0.322 e. The van der Waals surface area contributed by atoms with Gasteiger partial charge in [0, 0.05) is 24.0 Å². The SMILES string of the molecule is Cn1cc(C(=O)Nc2nnc(CO)o2)c2ccccc2c1=O. The molecule has 0 fully saturated rings. The molecule has 112 valence electrons. The van der Waals surface area contributed by atoms with Crippen LogP contribution in [0.2, 0.25) is 0 Å². The highest BCUT2D eigenvalue weighted by molar-refractivity contribution is 6.11. The van der Waals surface area contributed by atoms with Crippen LogP contribution in [0, 0.1) is 0 Å². The van der Waals surface area contributed by atoms with Gasteiger partial charge in [-0.2, -0.15) is 0 Å². The molecule has 2 N–H and O–H groups in total. The molecule has 0 aliphatic heterocycles. The summed E-state index contributed by atoms with van der Waals surface area (Å²) in [6.45, 7) is -0.411. The number of aromatic nitrogens is 3. The van der Waals surface area contributed by atoms with Gasteiger partial charge in [-0.05, 0) is 6.07 Å². The molecular weight excluding hydrogens is 288 g/mol. The monoisotopic (exact) mass is 300 g/mol. The van der Waals surface area contributed by atoms with Crippen molar-refractivity contribution in [2.75, 3.05) is 5.32 Å². The second kappa shape index (κ2) is 5.41. The van der Waals surface area contributed by atoms with Crippen molar-refractivity contribution in [3.8, 4) is 0 Å². The lowest BCUT2D eigenvalue weighted by Crippen LogP contribution is -2.21. The summed E-state index contributed by atoms with van der Waals surface area (Å²) in [6.07, 6.45) is 1.45. The van der Waals surface area contributed by atoms with Crippen LogP contribution < -0.4 is 10.9 Å². The average molecular weight is 300 g/mol. The lowest BCUT2D eigenvalue weighted by atomic mass is 10.1. The van der Waals surface area contributed by atoms with Gasteiger partial charge in [-0.1, -0.05) is 23.3 Å². The lowest BCUT2D eigenvalue weighted by Gasteiger charge is -2.08. The smallest absolute Gasteiger partial charge is 0.322 e. The molecule has 0 bridgehead atoms. The van der Waals surface area contributed by atoms with E-state index in [-0.39, 0.29) is 17.5 Å². The molecule has 0 aliphatic carbocycles. The first kappa shape index (κ1) is 14.0. The predicted molar refractivity (Wildman–Crippen MR) is 77.4 cm³/mol. The highest BCUT2D eigenvalue weighted by Gasteiger charge is 2.16. The van der Waals surface area contributed by atoms with Gasteiger partial charge in [0.15, 0.2) is 0 Å². The first-order valence-electron chi connectivity index (χ1n) is 6.43. The molecule has 0 saturated heterocycles. The third kappa shape index (κ3) is 2.35. The number of fused-ring (bicyclic) bond motifs is 1. The summed E-state index contributed by atoms with van der Waals surface area (Å²) in [7, 11) is 1.57. The summed E-state index contributed by atoms with van der Waals surface area (Å²) >= 11 is 0. The number of hydrogen-bond donors (Lipinski definition) is 2. The van der Waals surface area contributed by atoms with Crippen molar-refractivity contribution >= 4 is 22.7 Å². The van der Waals surface area contributed by atoms with E-state index in [2.05, 4.69) is 15.5 Å². The Kier molecular flexibility index (Phi) is 3.43. The molecule has 0 aliphatic rings. The molecule has 0 atom stereocenters. The highest BCUT2D eigenvalue weighted by atomic mass is 16.4. The highest BCUT2D eigenvalue weighted by Crippen LogP contribution is 2.16. The number of hydrogen-bond acceptors (Lipinski definition) is 6. The Morgan fingerprint density at radius 3 is 2.73 bits per heavy atom. The maximum atomic E-state index is 12.4. The zero-order valence-electron chi connectivity index (χ0n) is 11.6. The van der Waals surface area contributed by atoms with Crippen LogP contribution in [0.3, 0.4) is 0 Å². The quantitative estimate of drug-likeness (QED) is 0.735. The minimum absolute atomic E-state index is 0.000574. The van der Waals surface area contributed by atoms with Crippen LogP contribution in [0.15, 0.2) is 39.7 Å². The van der Waals surface area contributed by atoms with E-state index in [9.17, 15) is 9.59 Å². The van der Waals surface area contributed by atoms with Crippen molar-refractivity contribution < 1.29 is 14.3 Å². The molecular formula is C14H12N4O4. The zero-order chi connectivity index (χ0) is 15.7. The van der Waals surface area contributed by atoms with E-state index >= 15 is 0 Å². The number of aliphatic hydroxyl groups is 1. The lowest BCUT2D eigenvalue weighted by molar-refractivity contribution is 0.102. The zero-order valence-corrected chi connectivity index (χ0v) is 11.6. The minimum atomic E-state index is -0.486. The predicted octanol–water partition coefficient (Wildman–Crippen LogP) is 0.666. The van der Waals surface area contributed by atoms with Crippen molar-refractivity contribution in [2.24, 2.45) is 7.05 Å². The Morgan fingerprint density at radius 1 is 1.32 bits per heavy atom. The molecule has 1 aromatic carbocycles. The van der Waals surface area contributed by atoms with Crippen molar-refractivity contribution in [2.45, 2.75) is 6.61 Å². The van der Waals surface area contributed by atoms with Crippen LogP contribution in [0.25, 0.3) is 10.8 Å². The number of pyridine rings is 1. The fraction of sp³-hybridized carbons (Fsp3) is 0.143. The molecule has 22 heavy (non-hydrogen) atoms. The van der Waals surface area contributed by atoms with Crippen LogP contribution in [0.5, 0.6) is 0 Å². The van der Waals surface area contributed by atoms with Crippen molar-refractivity contribution in [1.82, 2.24) is 14.8 Å². The minimum Gasteiger partial charge on any atom is -0.405 e. The third-order valence-electron chi connectivity index (χ3n) is 3.16. The Hall–Kier alpha value is -3.00. The summed E-state index contributed by atoms with van der Waals surface area (Å²) < 4.78 is 6.36. The standard InChI is InChI=1S/C14H12N4O4/c1-18-6-10(8-4-2-3-5-9(8)13(18)21)12(20)15-14-17-16-11(7-19)22-14/h2-6,19H,7H2,1H3,(H,15,17,20). The van der Waals surface area contributed by atoms with Crippen LogP contribution in [-0.4, -0.2) is 25.8 Å². The molecule has 3 rings (SSSR count). The van der Waals surface area contributed by atoms with Gasteiger partial charge in [-0.25, -0.2) is 0 Å². The first-order valence-corrected chi connectivity index (χ1v) is 6.43. The number of carbonyl (C=O) groups excluding carboxylic acids is 1. The third-order valence-corrected chi connectivity index (χ3v) is 3.16. The maximum absolute atomic E-state index is 12.4. The summed E-state index contributed by atoms with van der Waals surface area (Å²) in [5.74, 6) is -0.486. The van der Waals surface area contributed by atoms with E-state index in [4.69, 9.17) is 9.52 Å². The van der Waals surface area contributed by atoms with Crippen LogP contribution in [-0.2, 0) is 13.7 Å². The molecule has 8 nitrogen and oxygen atoms in total. The van der Waals surface area contributed by atoms with Gasteiger partial charge in [0.1, 0.15) is 6.61 Å². The Labute approximate surface area is 124 Å². The Morgan fingerprint density at radius 2 is 2.05 bits per heavy atom. The van der Waals surface area contributed by atoms with E-state index in [1.54, 1.807) is 31.3 Å². The number of anilines is 1. The number of carbonyl (C=O) groups is 1. The van der Waals surface area contributed by atoms with Crippen molar-refractivity contribution in [3.63, 3.8) is 0 Å². The van der Waals surface area contributed by atoms with Gasteiger partial charge in [0.05, 0.1) is 5.56 Å². The van der Waals surface area contributed by atoms with Crippen LogP contribution >= 0.6 is 0 Å². The normalized spacial score (nSPS) is 10.8. The number of amides is 1. The van der Waals surface area contributed by atoms with E-state index < -0.39 is 12.5 Å². The van der Waals surface area contributed by atoms with Gasteiger partial charge in [0.25, 0.3) is 11.5 Å². The molecule has 0 spiro atoms. The molecule has 0 saturated carbocycles. The summed E-state index contributed by atoms with van der Waals surface area (Å²) in [5, 5.41) is 19.4. The summed E-state index contributed by atoms with van der Waals surface area (Å²) in [5.41, 5.74) is 0.119. The largest absolute Gasteiger partial charge is 0.405 e.